The molecule has 0 fully saturated rings. The highest BCUT2D eigenvalue weighted by Gasteiger charge is 2.17. The van der Waals surface area contributed by atoms with Crippen molar-refractivity contribution in [3.05, 3.63) is 58.3 Å². The van der Waals surface area contributed by atoms with E-state index < -0.39 is 17.3 Å². The van der Waals surface area contributed by atoms with Gasteiger partial charge in [-0.25, -0.2) is 4.39 Å². The third-order valence-corrected chi connectivity index (χ3v) is 3.02. The molecule has 0 bridgehead atoms. The monoisotopic (exact) mass is 286 g/mol. The molecule has 0 amide bonds. The van der Waals surface area contributed by atoms with Crippen LogP contribution in [-0.4, -0.2) is 15.1 Å². The van der Waals surface area contributed by atoms with Crippen molar-refractivity contribution < 1.29 is 13.9 Å². The second-order valence-electron chi connectivity index (χ2n) is 4.50. The fourth-order valence-electron chi connectivity index (χ4n) is 2.05. The molecule has 6 heteroatoms. The molecule has 0 aliphatic heterocycles. The molecule has 3 rings (SSSR count). The van der Waals surface area contributed by atoms with Crippen LogP contribution in [-0.2, 0) is 0 Å². The third-order valence-electron chi connectivity index (χ3n) is 3.02. The predicted molar refractivity (Wildman–Crippen MR) is 74.4 cm³/mol. The van der Waals surface area contributed by atoms with Crippen molar-refractivity contribution in [2.45, 2.75) is 6.92 Å². The van der Waals surface area contributed by atoms with Gasteiger partial charge in [0.1, 0.15) is 17.1 Å². The minimum absolute atomic E-state index is 0.00840. The van der Waals surface area contributed by atoms with Crippen LogP contribution < -0.4 is 5.56 Å². The Kier molecular flexibility index (Phi) is 3.06. The zero-order valence-electron chi connectivity index (χ0n) is 11.1. The number of H-pyrrole nitrogens is 1. The van der Waals surface area contributed by atoms with E-state index in [0.29, 0.717) is 11.5 Å². The average molecular weight is 286 g/mol. The van der Waals surface area contributed by atoms with Gasteiger partial charge in [-0.3, -0.25) is 4.79 Å². The normalized spacial score (nSPS) is 10.8. The summed E-state index contributed by atoms with van der Waals surface area (Å²) < 4.78 is 19.1. The zero-order valence-corrected chi connectivity index (χ0v) is 11.1. The lowest BCUT2D eigenvalue weighted by Gasteiger charge is -2.05. The Bertz CT molecular complexity index is 867. The van der Waals surface area contributed by atoms with Gasteiger partial charge in [-0.2, -0.15) is 4.98 Å². The van der Waals surface area contributed by atoms with Crippen molar-refractivity contribution in [2.24, 2.45) is 0 Å². The van der Waals surface area contributed by atoms with Gasteiger partial charge in [0.25, 0.3) is 5.56 Å². The second-order valence-corrected chi connectivity index (χ2v) is 4.50. The second kappa shape index (κ2) is 4.90. The van der Waals surface area contributed by atoms with E-state index in [2.05, 4.69) is 9.97 Å². The van der Waals surface area contributed by atoms with Gasteiger partial charge in [0, 0.05) is 5.56 Å². The first-order valence-corrected chi connectivity index (χ1v) is 6.21. The lowest BCUT2D eigenvalue weighted by molar-refractivity contribution is 0.451. The van der Waals surface area contributed by atoms with Crippen molar-refractivity contribution in [3.63, 3.8) is 0 Å². The summed E-state index contributed by atoms with van der Waals surface area (Å²) >= 11 is 0. The maximum absolute atomic E-state index is 13.8. The minimum atomic E-state index is -0.642. The van der Waals surface area contributed by atoms with Crippen LogP contribution in [0.2, 0.25) is 0 Å². The molecule has 3 aromatic rings. The van der Waals surface area contributed by atoms with Gasteiger partial charge in [-0.15, -0.1) is 0 Å². The molecule has 0 aliphatic carbocycles. The first-order chi connectivity index (χ1) is 10.1. The Morgan fingerprint density at radius 2 is 2.00 bits per heavy atom. The third kappa shape index (κ3) is 2.31. The summed E-state index contributed by atoms with van der Waals surface area (Å²) in [4.78, 5) is 18.5. The van der Waals surface area contributed by atoms with Gasteiger partial charge in [0.05, 0.1) is 0 Å². The number of aromatic nitrogens is 2. The molecule has 0 saturated carbocycles. The minimum Gasteiger partial charge on any atom is -0.493 e. The molecule has 0 radical (unpaired) electrons. The number of hydrogen-bond donors (Lipinski definition) is 2. The molecule has 21 heavy (non-hydrogen) atoms. The Morgan fingerprint density at radius 1 is 1.24 bits per heavy atom. The first kappa shape index (κ1) is 13.1. The van der Waals surface area contributed by atoms with Gasteiger partial charge in [0.2, 0.25) is 5.88 Å². The fraction of sp³-hybridized carbons (Fsp3) is 0.0667. The van der Waals surface area contributed by atoms with E-state index in [-0.39, 0.29) is 17.0 Å². The van der Waals surface area contributed by atoms with Crippen LogP contribution in [0.4, 0.5) is 4.39 Å². The SMILES string of the molecule is Cc1ccc(-c2nc(O)c(-c3ccccc3F)c(=O)[nH]2)o1. The lowest BCUT2D eigenvalue weighted by Crippen LogP contribution is -2.12. The Labute approximate surface area is 118 Å². The number of furan rings is 1. The van der Waals surface area contributed by atoms with Crippen LogP contribution in [0.25, 0.3) is 22.7 Å². The summed E-state index contributed by atoms with van der Waals surface area (Å²) in [6.45, 7) is 1.75. The van der Waals surface area contributed by atoms with Crippen LogP contribution in [0, 0.1) is 12.7 Å². The molecule has 2 N–H and O–H groups in total. The smallest absolute Gasteiger partial charge is 0.263 e. The van der Waals surface area contributed by atoms with Crippen LogP contribution in [0.5, 0.6) is 5.88 Å². The fourth-order valence-corrected chi connectivity index (χ4v) is 2.05. The number of aromatic amines is 1. The highest BCUT2D eigenvalue weighted by molar-refractivity contribution is 5.69. The number of rotatable bonds is 2. The van der Waals surface area contributed by atoms with Crippen molar-refractivity contribution in [1.82, 2.24) is 9.97 Å². The van der Waals surface area contributed by atoms with Gasteiger partial charge >= 0.3 is 0 Å². The number of nitrogens with zero attached hydrogens (tertiary/aromatic N) is 1. The predicted octanol–water partition coefficient (Wildman–Crippen LogP) is 2.85. The van der Waals surface area contributed by atoms with Crippen LogP contribution in [0.1, 0.15) is 5.76 Å². The highest BCUT2D eigenvalue weighted by Crippen LogP contribution is 2.27. The van der Waals surface area contributed by atoms with E-state index in [1.54, 1.807) is 25.1 Å². The summed E-state index contributed by atoms with van der Waals surface area (Å²) in [6.07, 6.45) is 0. The van der Waals surface area contributed by atoms with E-state index in [9.17, 15) is 14.3 Å². The van der Waals surface area contributed by atoms with Gasteiger partial charge in [-0.05, 0) is 25.1 Å². The van der Waals surface area contributed by atoms with E-state index in [1.165, 1.54) is 18.2 Å². The van der Waals surface area contributed by atoms with Crippen LogP contribution in [0.3, 0.4) is 0 Å². The molecule has 1 aromatic carbocycles. The number of benzene rings is 1. The number of nitrogens with one attached hydrogen (secondary N) is 1. The summed E-state index contributed by atoms with van der Waals surface area (Å²) in [5, 5.41) is 9.98. The van der Waals surface area contributed by atoms with E-state index in [0.717, 1.165) is 0 Å². The molecule has 0 saturated heterocycles. The van der Waals surface area contributed by atoms with Crippen molar-refractivity contribution in [1.29, 1.82) is 0 Å². The Balaban J connectivity index is 2.18. The maximum Gasteiger partial charge on any atom is 0.263 e. The molecule has 0 unspecified atom stereocenters. The van der Waals surface area contributed by atoms with Crippen molar-refractivity contribution in [2.75, 3.05) is 0 Å². The molecule has 0 aliphatic rings. The molecular formula is C15H11FN2O3. The average Bonchev–Trinajstić information content (AvgIpc) is 2.87. The van der Waals surface area contributed by atoms with E-state index in [1.807, 2.05) is 0 Å². The van der Waals surface area contributed by atoms with E-state index in [4.69, 9.17) is 4.42 Å². The molecule has 0 spiro atoms. The standard InChI is InChI=1S/C15H11FN2O3/c1-8-6-7-11(21-8)13-17-14(19)12(15(20)18-13)9-4-2-3-5-10(9)16/h2-7H,1H3,(H2,17,18,19,20). The molecule has 106 valence electrons. The van der Waals surface area contributed by atoms with E-state index >= 15 is 0 Å². The number of aromatic hydroxyl groups is 1. The Morgan fingerprint density at radius 3 is 2.62 bits per heavy atom. The maximum atomic E-state index is 13.8. The summed E-state index contributed by atoms with van der Waals surface area (Å²) in [5.74, 6) is -0.106. The van der Waals surface area contributed by atoms with Gasteiger partial charge in [-0.1, -0.05) is 18.2 Å². The molecular weight excluding hydrogens is 275 g/mol. The lowest BCUT2D eigenvalue weighted by atomic mass is 10.1. The van der Waals surface area contributed by atoms with Crippen molar-refractivity contribution >= 4 is 0 Å². The first-order valence-electron chi connectivity index (χ1n) is 6.21. The highest BCUT2D eigenvalue weighted by atomic mass is 19.1. The van der Waals surface area contributed by atoms with Crippen molar-refractivity contribution in [3.8, 4) is 28.6 Å². The quantitative estimate of drug-likeness (QED) is 0.759. The topological polar surface area (TPSA) is 79.1 Å². The molecule has 5 nitrogen and oxygen atoms in total. The largest absolute Gasteiger partial charge is 0.493 e. The van der Waals surface area contributed by atoms with Gasteiger partial charge < -0.3 is 14.5 Å². The zero-order chi connectivity index (χ0) is 15.0. The molecule has 2 heterocycles. The number of halogens is 1. The summed E-state index contributed by atoms with van der Waals surface area (Å²) in [7, 11) is 0. The Hall–Kier alpha value is -2.89. The number of hydrogen-bond acceptors (Lipinski definition) is 4. The molecule has 2 aromatic heterocycles. The molecule has 0 atom stereocenters. The summed E-state index contributed by atoms with van der Waals surface area (Å²) in [5.41, 5.74) is -0.859. The van der Waals surface area contributed by atoms with Gasteiger partial charge in [0.15, 0.2) is 11.6 Å². The number of aryl methyl sites for hydroxylation is 1. The van der Waals surface area contributed by atoms with Crippen LogP contribution in [0.15, 0.2) is 45.6 Å². The van der Waals surface area contributed by atoms with Crippen LogP contribution >= 0.6 is 0 Å². The summed E-state index contributed by atoms with van der Waals surface area (Å²) in [6, 6.07) is 9.00.